The zero-order valence-electron chi connectivity index (χ0n) is 12.3. The van der Waals surface area contributed by atoms with Crippen LogP contribution in [0.3, 0.4) is 0 Å². The molecule has 121 valence electrons. The zero-order valence-corrected chi connectivity index (χ0v) is 13.0. The Morgan fingerprint density at radius 2 is 2.08 bits per heavy atom. The van der Waals surface area contributed by atoms with Crippen LogP contribution in [0.15, 0.2) is 42.5 Å². The number of nitrogens with one attached hydrogen (secondary N) is 1. The highest BCUT2D eigenvalue weighted by atomic mass is 35.5. The highest BCUT2D eigenvalue weighted by Crippen LogP contribution is 2.60. The molecule has 0 amide bonds. The van der Waals surface area contributed by atoms with Crippen molar-refractivity contribution in [2.45, 2.75) is 18.1 Å². The Balaban J connectivity index is 1.79. The lowest BCUT2D eigenvalue weighted by Crippen LogP contribution is -2.17. The van der Waals surface area contributed by atoms with Crippen molar-refractivity contribution in [2.75, 3.05) is 0 Å². The van der Waals surface area contributed by atoms with Crippen molar-refractivity contribution < 1.29 is 13.5 Å². The maximum Gasteiger partial charge on any atom is 0.193 e. The van der Waals surface area contributed by atoms with Crippen LogP contribution in [-0.2, 0) is 16.8 Å². The van der Waals surface area contributed by atoms with E-state index in [0.717, 1.165) is 11.6 Å². The largest absolute Gasteiger partial charge is 0.355 e. The van der Waals surface area contributed by atoms with Gasteiger partial charge in [-0.15, -0.1) is 0 Å². The molecule has 1 aliphatic rings. The molecule has 2 atom stereocenters. The van der Waals surface area contributed by atoms with Gasteiger partial charge in [-0.2, -0.15) is 5.10 Å². The van der Waals surface area contributed by atoms with Crippen LogP contribution in [-0.4, -0.2) is 15.2 Å². The predicted octanol–water partition coefficient (Wildman–Crippen LogP) is 3.75. The Hall–Kier alpha value is -2.31. The van der Waals surface area contributed by atoms with Crippen molar-refractivity contribution in [2.24, 2.45) is 0 Å². The van der Waals surface area contributed by atoms with Crippen molar-refractivity contribution in [1.82, 2.24) is 15.2 Å². The third kappa shape index (κ3) is 2.48. The topological polar surface area (TPSA) is 54.1 Å². The molecule has 1 saturated heterocycles. The van der Waals surface area contributed by atoms with E-state index < -0.39 is 23.3 Å². The third-order valence-corrected chi connectivity index (χ3v) is 4.45. The lowest BCUT2D eigenvalue weighted by Gasteiger charge is -2.13. The number of rotatable bonds is 4. The van der Waals surface area contributed by atoms with Crippen LogP contribution in [0.5, 0.6) is 0 Å². The van der Waals surface area contributed by atoms with Crippen molar-refractivity contribution in [3.8, 4) is 0 Å². The number of hydrogen-bond donors (Lipinski definition) is 1. The van der Waals surface area contributed by atoms with Crippen LogP contribution in [0.2, 0.25) is 5.02 Å². The standard InChI is InChI=1S/C17H11ClF2N3O/c18-13-4-2-1-3-11(13)16-17(24-16,8-15-21-9-22-23-15)12-6-5-10(19)7-14(12)20/h1-7,16H,8H2,(H,21,22,23)/t16-,17-/m1/s1. The first-order chi connectivity index (χ1) is 11.6. The summed E-state index contributed by atoms with van der Waals surface area (Å²) in [6, 6.07) is 10.6. The summed E-state index contributed by atoms with van der Waals surface area (Å²) < 4.78 is 33.6. The van der Waals surface area contributed by atoms with E-state index in [2.05, 4.69) is 21.5 Å². The fraction of sp³-hybridized carbons (Fsp3) is 0.176. The van der Waals surface area contributed by atoms with E-state index in [0.29, 0.717) is 10.8 Å². The number of aromatic amines is 1. The first-order valence-electron chi connectivity index (χ1n) is 7.25. The van der Waals surface area contributed by atoms with Crippen LogP contribution in [0.1, 0.15) is 23.1 Å². The highest BCUT2D eigenvalue weighted by molar-refractivity contribution is 6.31. The summed E-state index contributed by atoms with van der Waals surface area (Å²) in [5.74, 6) is -0.898. The molecule has 2 heterocycles. The van der Waals surface area contributed by atoms with E-state index in [1.807, 2.05) is 12.1 Å². The molecule has 0 bridgehead atoms. The Labute approximate surface area is 141 Å². The average Bonchev–Trinajstić information content (AvgIpc) is 3.01. The second-order valence-corrected chi connectivity index (χ2v) is 5.98. The van der Waals surface area contributed by atoms with Gasteiger partial charge in [-0.1, -0.05) is 35.9 Å². The van der Waals surface area contributed by atoms with Crippen molar-refractivity contribution >= 4 is 11.6 Å². The molecular formula is C17H11ClF2N3O. The molecule has 24 heavy (non-hydrogen) atoms. The van der Waals surface area contributed by atoms with Gasteiger partial charge >= 0.3 is 0 Å². The second kappa shape index (κ2) is 5.65. The van der Waals surface area contributed by atoms with Gasteiger partial charge < -0.3 is 4.74 Å². The first-order valence-corrected chi connectivity index (χ1v) is 7.63. The number of aromatic nitrogens is 3. The molecule has 0 saturated carbocycles. The van der Waals surface area contributed by atoms with Crippen LogP contribution in [0.25, 0.3) is 0 Å². The molecule has 4 rings (SSSR count). The predicted molar refractivity (Wildman–Crippen MR) is 82.2 cm³/mol. The molecule has 4 nitrogen and oxygen atoms in total. The van der Waals surface area contributed by atoms with Gasteiger partial charge in [0.2, 0.25) is 0 Å². The number of epoxide rings is 1. The first kappa shape index (κ1) is 15.2. The van der Waals surface area contributed by atoms with E-state index in [1.54, 1.807) is 12.1 Å². The van der Waals surface area contributed by atoms with E-state index in [9.17, 15) is 8.78 Å². The van der Waals surface area contributed by atoms with Gasteiger partial charge in [-0.3, -0.25) is 5.10 Å². The highest BCUT2D eigenvalue weighted by Gasteiger charge is 2.60. The fourth-order valence-corrected chi connectivity index (χ4v) is 3.20. The van der Waals surface area contributed by atoms with Gasteiger partial charge in [-0.05, 0) is 12.1 Å². The van der Waals surface area contributed by atoms with Crippen molar-refractivity contribution in [3.63, 3.8) is 0 Å². The summed E-state index contributed by atoms with van der Waals surface area (Å²) in [4.78, 5) is 3.96. The number of hydrogen-bond acceptors (Lipinski definition) is 3. The summed E-state index contributed by atoms with van der Waals surface area (Å²) in [7, 11) is 0. The van der Waals surface area contributed by atoms with Crippen molar-refractivity contribution in [1.29, 1.82) is 0 Å². The number of benzene rings is 2. The maximum absolute atomic E-state index is 14.4. The minimum atomic E-state index is -1.03. The number of halogens is 3. The molecule has 1 aromatic heterocycles. The SMILES string of the molecule is Fc1ccc([C@@]2(Cc3n[c][nH]n3)O[C@@H]2c2ccccc2Cl)c(F)c1. The average molecular weight is 347 g/mol. The smallest absolute Gasteiger partial charge is 0.193 e. The Kier molecular flexibility index (Phi) is 3.58. The van der Waals surface area contributed by atoms with Gasteiger partial charge in [0, 0.05) is 28.6 Å². The van der Waals surface area contributed by atoms with Gasteiger partial charge in [0.15, 0.2) is 12.2 Å². The molecular weight excluding hydrogens is 336 g/mol. The lowest BCUT2D eigenvalue weighted by molar-refractivity contribution is 0.285. The number of H-pyrrole nitrogens is 1. The van der Waals surface area contributed by atoms with Crippen LogP contribution in [0.4, 0.5) is 8.78 Å². The minimum Gasteiger partial charge on any atom is -0.355 e. The molecule has 0 spiro atoms. The summed E-state index contributed by atoms with van der Waals surface area (Å²) in [5.41, 5.74) is -0.0419. The van der Waals surface area contributed by atoms with Gasteiger partial charge in [0.25, 0.3) is 0 Å². The molecule has 2 aromatic carbocycles. The lowest BCUT2D eigenvalue weighted by atomic mass is 9.88. The van der Waals surface area contributed by atoms with E-state index in [1.165, 1.54) is 12.1 Å². The number of nitrogens with zero attached hydrogens (tertiary/aromatic N) is 2. The van der Waals surface area contributed by atoms with E-state index >= 15 is 0 Å². The monoisotopic (exact) mass is 346 g/mol. The molecule has 7 heteroatoms. The molecule has 1 aliphatic heterocycles. The summed E-state index contributed by atoms with van der Waals surface area (Å²) in [5, 5.41) is 6.99. The Bertz CT molecular complexity index is 887. The third-order valence-electron chi connectivity index (χ3n) is 4.11. The molecule has 0 aliphatic carbocycles. The molecule has 3 aromatic rings. The summed E-state index contributed by atoms with van der Waals surface area (Å²) in [6.07, 6.45) is 2.25. The van der Waals surface area contributed by atoms with Gasteiger partial charge in [0.1, 0.15) is 23.3 Å². The van der Waals surface area contributed by atoms with Crippen LogP contribution in [0, 0.1) is 18.0 Å². The normalized spacial score (nSPS) is 22.5. The quantitative estimate of drug-likeness (QED) is 0.732. The summed E-state index contributed by atoms with van der Waals surface area (Å²) >= 11 is 6.24. The molecule has 1 N–H and O–H groups in total. The zero-order chi connectivity index (χ0) is 16.7. The van der Waals surface area contributed by atoms with Gasteiger partial charge in [-0.25, -0.2) is 13.8 Å². The molecule has 0 unspecified atom stereocenters. The van der Waals surface area contributed by atoms with Gasteiger partial charge in [0.05, 0.1) is 0 Å². The van der Waals surface area contributed by atoms with Crippen LogP contribution >= 0.6 is 11.6 Å². The fourth-order valence-electron chi connectivity index (χ4n) is 2.96. The Morgan fingerprint density at radius 3 is 2.79 bits per heavy atom. The van der Waals surface area contributed by atoms with E-state index in [4.69, 9.17) is 16.3 Å². The van der Waals surface area contributed by atoms with Crippen LogP contribution < -0.4 is 0 Å². The number of ether oxygens (including phenoxy) is 1. The Morgan fingerprint density at radius 1 is 1.25 bits per heavy atom. The van der Waals surface area contributed by atoms with E-state index in [-0.39, 0.29) is 12.0 Å². The second-order valence-electron chi connectivity index (χ2n) is 5.57. The molecule has 1 fully saturated rings. The van der Waals surface area contributed by atoms with Crippen molar-refractivity contribution in [3.05, 3.63) is 82.4 Å². The minimum absolute atomic E-state index is 0.214. The molecule has 1 radical (unpaired) electrons. The maximum atomic E-state index is 14.4. The summed E-state index contributed by atoms with van der Waals surface area (Å²) in [6.45, 7) is 0.